The summed E-state index contributed by atoms with van der Waals surface area (Å²) in [7, 11) is 0. The molecule has 0 N–H and O–H groups in total. The van der Waals surface area contributed by atoms with E-state index in [1.807, 2.05) is 6.92 Å². The molecule has 0 bridgehead atoms. The van der Waals surface area contributed by atoms with Crippen LogP contribution >= 0.6 is 0 Å². The molecule has 0 radical (unpaired) electrons. The SMILES string of the molecule is CCCN(CCCC(C(=O)CC)C(=O)CC)C(=O)OCOC(=O)CC. The van der Waals surface area contributed by atoms with Gasteiger partial charge in [0.15, 0.2) is 0 Å². The Morgan fingerprint density at radius 2 is 1.44 bits per heavy atom. The Hall–Kier alpha value is -1.92. The quantitative estimate of drug-likeness (QED) is 0.286. The molecule has 0 rings (SSSR count). The van der Waals surface area contributed by atoms with Gasteiger partial charge >= 0.3 is 12.1 Å². The van der Waals surface area contributed by atoms with Crippen LogP contribution in [-0.4, -0.2) is 48.4 Å². The first-order valence-electron chi connectivity index (χ1n) is 9.03. The standard InChI is InChI=1S/C18H31NO6/c1-5-11-19(18(23)25-13-24-17(22)8-4)12-9-10-14(15(20)6-2)16(21)7-3/h14H,5-13H2,1-4H3. The summed E-state index contributed by atoms with van der Waals surface area (Å²) in [5.74, 6) is -1.13. The second kappa shape index (κ2) is 13.4. The van der Waals surface area contributed by atoms with Gasteiger partial charge in [-0.05, 0) is 19.3 Å². The second-order valence-corrected chi connectivity index (χ2v) is 5.72. The van der Waals surface area contributed by atoms with E-state index in [0.29, 0.717) is 38.8 Å². The lowest BCUT2D eigenvalue weighted by Crippen LogP contribution is -2.34. The van der Waals surface area contributed by atoms with Crippen molar-refractivity contribution in [2.75, 3.05) is 19.9 Å². The maximum atomic E-state index is 12.0. The van der Waals surface area contributed by atoms with Crippen LogP contribution in [0.1, 0.15) is 66.2 Å². The highest BCUT2D eigenvalue weighted by atomic mass is 16.7. The lowest BCUT2D eigenvalue weighted by Gasteiger charge is -2.22. The number of ketones is 2. The van der Waals surface area contributed by atoms with Crippen LogP contribution in [0.3, 0.4) is 0 Å². The Morgan fingerprint density at radius 1 is 0.840 bits per heavy atom. The van der Waals surface area contributed by atoms with Crippen LogP contribution in [0.2, 0.25) is 0 Å². The first-order valence-corrected chi connectivity index (χ1v) is 9.03. The molecule has 0 fully saturated rings. The minimum atomic E-state index is -0.583. The lowest BCUT2D eigenvalue weighted by molar-refractivity contribution is -0.152. The third kappa shape index (κ3) is 9.22. The summed E-state index contributed by atoms with van der Waals surface area (Å²) in [6.07, 6.45) is 2.03. The Labute approximate surface area is 150 Å². The molecule has 0 aromatic carbocycles. The van der Waals surface area contributed by atoms with Crippen LogP contribution in [0.4, 0.5) is 4.79 Å². The van der Waals surface area contributed by atoms with E-state index < -0.39 is 24.8 Å². The summed E-state index contributed by atoms with van der Waals surface area (Å²) in [6.45, 7) is 7.55. The van der Waals surface area contributed by atoms with Gasteiger partial charge in [0.05, 0.1) is 5.92 Å². The van der Waals surface area contributed by atoms with Crippen LogP contribution in [0, 0.1) is 5.92 Å². The normalized spacial score (nSPS) is 10.4. The van der Waals surface area contributed by atoms with Gasteiger partial charge in [-0.2, -0.15) is 0 Å². The summed E-state index contributed by atoms with van der Waals surface area (Å²) >= 11 is 0. The van der Waals surface area contributed by atoms with Crippen molar-refractivity contribution in [3.63, 3.8) is 0 Å². The second-order valence-electron chi connectivity index (χ2n) is 5.72. The summed E-state index contributed by atoms with van der Waals surface area (Å²) in [5, 5.41) is 0. The van der Waals surface area contributed by atoms with E-state index in [4.69, 9.17) is 9.47 Å². The minimum absolute atomic E-state index is 0.0528. The van der Waals surface area contributed by atoms with E-state index in [-0.39, 0.29) is 18.0 Å². The number of hydrogen-bond donors (Lipinski definition) is 0. The maximum Gasteiger partial charge on any atom is 0.412 e. The molecule has 1 amide bonds. The lowest BCUT2D eigenvalue weighted by atomic mass is 9.91. The van der Waals surface area contributed by atoms with Gasteiger partial charge in [-0.1, -0.05) is 27.7 Å². The van der Waals surface area contributed by atoms with Crippen LogP contribution in [0.5, 0.6) is 0 Å². The molecule has 0 aromatic heterocycles. The highest BCUT2D eigenvalue weighted by molar-refractivity contribution is 6.02. The fourth-order valence-electron chi connectivity index (χ4n) is 2.38. The fraction of sp³-hybridized carbons (Fsp3) is 0.778. The van der Waals surface area contributed by atoms with E-state index >= 15 is 0 Å². The largest absolute Gasteiger partial charge is 0.428 e. The molecule has 0 saturated heterocycles. The van der Waals surface area contributed by atoms with Crippen molar-refractivity contribution in [2.45, 2.75) is 66.2 Å². The molecular formula is C18H31NO6. The van der Waals surface area contributed by atoms with Crippen molar-refractivity contribution in [3.8, 4) is 0 Å². The van der Waals surface area contributed by atoms with E-state index in [9.17, 15) is 19.2 Å². The molecular weight excluding hydrogens is 326 g/mol. The summed E-state index contributed by atoms with van der Waals surface area (Å²) < 4.78 is 9.66. The number of carbonyl (C=O) groups excluding carboxylic acids is 4. The zero-order valence-electron chi connectivity index (χ0n) is 15.8. The third-order valence-electron chi connectivity index (χ3n) is 3.84. The fourth-order valence-corrected chi connectivity index (χ4v) is 2.38. The Kier molecular flexibility index (Phi) is 12.4. The monoisotopic (exact) mass is 357 g/mol. The average molecular weight is 357 g/mol. The van der Waals surface area contributed by atoms with E-state index in [1.54, 1.807) is 20.8 Å². The summed E-state index contributed by atoms with van der Waals surface area (Å²) in [6, 6.07) is 0. The number of nitrogens with zero attached hydrogens (tertiary/aromatic N) is 1. The van der Waals surface area contributed by atoms with Crippen molar-refractivity contribution < 1.29 is 28.7 Å². The van der Waals surface area contributed by atoms with E-state index in [2.05, 4.69) is 0 Å². The van der Waals surface area contributed by atoms with Gasteiger partial charge in [0, 0.05) is 32.4 Å². The van der Waals surface area contributed by atoms with Crippen LogP contribution in [0.25, 0.3) is 0 Å². The Bertz CT molecular complexity index is 433. The van der Waals surface area contributed by atoms with Gasteiger partial charge in [0.25, 0.3) is 0 Å². The average Bonchev–Trinajstić information content (AvgIpc) is 2.62. The molecule has 0 atom stereocenters. The predicted octanol–water partition coefficient (Wildman–Crippen LogP) is 3.10. The highest BCUT2D eigenvalue weighted by Crippen LogP contribution is 2.14. The van der Waals surface area contributed by atoms with E-state index in [1.165, 1.54) is 4.90 Å². The van der Waals surface area contributed by atoms with Gasteiger partial charge in [0.2, 0.25) is 6.79 Å². The maximum absolute atomic E-state index is 12.0. The van der Waals surface area contributed by atoms with Crippen LogP contribution in [0.15, 0.2) is 0 Å². The Balaban J connectivity index is 4.49. The van der Waals surface area contributed by atoms with Gasteiger partial charge < -0.3 is 14.4 Å². The summed E-state index contributed by atoms with van der Waals surface area (Å²) in [5.41, 5.74) is 0. The van der Waals surface area contributed by atoms with Gasteiger partial charge in [-0.25, -0.2) is 4.79 Å². The number of ether oxygens (including phenoxy) is 2. The molecule has 0 unspecified atom stereocenters. The van der Waals surface area contributed by atoms with Gasteiger partial charge in [0.1, 0.15) is 11.6 Å². The zero-order valence-corrected chi connectivity index (χ0v) is 15.8. The molecule has 0 aromatic rings. The van der Waals surface area contributed by atoms with Crippen molar-refractivity contribution in [1.29, 1.82) is 0 Å². The van der Waals surface area contributed by atoms with Crippen LogP contribution < -0.4 is 0 Å². The molecule has 7 heteroatoms. The number of rotatable bonds is 13. The van der Waals surface area contributed by atoms with Crippen LogP contribution in [-0.2, 0) is 23.9 Å². The molecule has 0 heterocycles. The number of carbonyl (C=O) groups is 4. The summed E-state index contributed by atoms with van der Waals surface area (Å²) in [4.78, 5) is 48.4. The first kappa shape index (κ1) is 23.1. The Morgan fingerprint density at radius 3 is 1.92 bits per heavy atom. The van der Waals surface area contributed by atoms with Gasteiger partial charge in [-0.3, -0.25) is 14.4 Å². The third-order valence-corrected chi connectivity index (χ3v) is 3.84. The first-order chi connectivity index (χ1) is 11.9. The smallest absolute Gasteiger partial charge is 0.412 e. The topological polar surface area (TPSA) is 90.0 Å². The molecule has 0 aliphatic carbocycles. The molecule has 25 heavy (non-hydrogen) atoms. The molecule has 144 valence electrons. The molecule has 0 spiro atoms. The van der Waals surface area contributed by atoms with Gasteiger partial charge in [-0.15, -0.1) is 0 Å². The molecule has 7 nitrogen and oxygen atoms in total. The van der Waals surface area contributed by atoms with Crippen molar-refractivity contribution in [3.05, 3.63) is 0 Å². The number of amides is 1. The van der Waals surface area contributed by atoms with Crippen molar-refractivity contribution >= 4 is 23.6 Å². The highest BCUT2D eigenvalue weighted by Gasteiger charge is 2.24. The molecule has 0 aliphatic rings. The number of esters is 1. The molecule has 0 aliphatic heterocycles. The van der Waals surface area contributed by atoms with Crippen molar-refractivity contribution in [2.24, 2.45) is 5.92 Å². The zero-order chi connectivity index (χ0) is 19.2. The number of hydrogen-bond acceptors (Lipinski definition) is 6. The minimum Gasteiger partial charge on any atom is -0.428 e. The van der Waals surface area contributed by atoms with Crippen molar-refractivity contribution in [1.82, 2.24) is 4.90 Å². The van der Waals surface area contributed by atoms with E-state index in [0.717, 1.165) is 6.42 Å². The number of Topliss-reactive ketones (excluding diaryl/α,β-unsaturated/α-hetero) is 2. The predicted molar refractivity (Wildman–Crippen MR) is 92.9 cm³/mol. The molecule has 0 saturated carbocycles.